The van der Waals surface area contributed by atoms with Crippen molar-refractivity contribution in [1.82, 2.24) is 10.2 Å². The molecule has 0 unspecified atom stereocenters. The van der Waals surface area contributed by atoms with Crippen LogP contribution in [0.1, 0.15) is 33.1 Å². The highest BCUT2D eigenvalue weighted by Crippen LogP contribution is 2.27. The summed E-state index contributed by atoms with van der Waals surface area (Å²) in [4.78, 5) is 24.0. The Morgan fingerprint density at radius 2 is 1.94 bits per heavy atom. The second kappa shape index (κ2) is 5.56. The highest BCUT2D eigenvalue weighted by Gasteiger charge is 2.30. The van der Waals surface area contributed by atoms with Gasteiger partial charge in [0.2, 0.25) is 0 Å². The van der Waals surface area contributed by atoms with E-state index in [2.05, 4.69) is 5.32 Å². The van der Waals surface area contributed by atoms with Crippen LogP contribution >= 0.6 is 0 Å². The van der Waals surface area contributed by atoms with Crippen LogP contribution in [-0.4, -0.2) is 52.3 Å². The number of amides is 2. The number of urea groups is 1. The van der Waals surface area contributed by atoms with Crippen molar-refractivity contribution < 1.29 is 19.8 Å². The topological polar surface area (TPSA) is 89.9 Å². The second-order valence-electron chi connectivity index (χ2n) is 5.76. The van der Waals surface area contributed by atoms with E-state index in [1.165, 1.54) is 0 Å². The first-order chi connectivity index (χ1) is 8.19. The molecule has 18 heavy (non-hydrogen) atoms. The lowest BCUT2D eigenvalue weighted by molar-refractivity contribution is -0.138. The molecule has 3 N–H and O–H groups in total. The molecular weight excluding hydrogens is 236 g/mol. The summed E-state index contributed by atoms with van der Waals surface area (Å²) in [5.41, 5.74) is -0.768. The van der Waals surface area contributed by atoms with Crippen LogP contribution in [0.25, 0.3) is 0 Å². The summed E-state index contributed by atoms with van der Waals surface area (Å²) >= 11 is 0. The van der Waals surface area contributed by atoms with E-state index in [1.54, 1.807) is 25.8 Å². The Morgan fingerprint density at radius 3 is 2.39 bits per heavy atom. The standard InChI is InChI=1S/C12H22N2O4/c1-12(2,6-10(16)17)13-11(18)14(3)7-8-4-9(15)5-8/h8-9,15H,4-7H2,1-3H3,(H,13,18)(H,16,17). The van der Waals surface area contributed by atoms with Gasteiger partial charge in [0, 0.05) is 19.1 Å². The largest absolute Gasteiger partial charge is 0.481 e. The first-order valence-electron chi connectivity index (χ1n) is 6.13. The molecule has 0 saturated heterocycles. The van der Waals surface area contributed by atoms with Gasteiger partial charge in [0.05, 0.1) is 12.5 Å². The summed E-state index contributed by atoms with van der Waals surface area (Å²) in [6.07, 6.45) is 1.12. The second-order valence-corrected chi connectivity index (χ2v) is 5.76. The fourth-order valence-corrected chi connectivity index (χ4v) is 2.13. The van der Waals surface area contributed by atoms with Crippen molar-refractivity contribution in [2.24, 2.45) is 5.92 Å². The molecule has 1 aliphatic rings. The normalized spacial score (nSPS) is 23.1. The molecule has 0 spiro atoms. The van der Waals surface area contributed by atoms with E-state index < -0.39 is 11.5 Å². The van der Waals surface area contributed by atoms with Gasteiger partial charge in [-0.2, -0.15) is 0 Å². The Balaban J connectivity index is 2.36. The Kier molecular flexibility index (Phi) is 4.56. The summed E-state index contributed by atoms with van der Waals surface area (Å²) < 4.78 is 0. The molecule has 0 aromatic rings. The van der Waals surface area contributed by atoms with Gasteiger partial charge in [-0.3, -0.25) is 4.79 Å². The van der Waals surface area contributed by atoms with Gasteiger partial charge < -0.3 is 20.4 Å². The predicted octanol–water partition coefficient (Wildman–Crippen LogP) is 0.652. The van der Waals surface area contributed by atoms with Crippen LogP contribution in [0.5, 0.6) is 0 Å². The molecule has 0 radical (unpaired) electrons. The number of rotatable bonds is 5. The lowest BCUT2D eigenvalue weighted by Gasteiger charge is -2.35. The summed E-state index contributed by atoms with van der Waals surface area (Å²) in [7, 11) is 1.68. The van der Waals surface area contributed by atoms with E-state index >= 15 is 0 Å². The van der Waals surface area contributed by atoms with Crippen LogP contribution < -0.4 is 5.32 Å². The van der Waals surface area contributed by atoms with E-state index in [9.17, 15) is 14.7 Å². The number of hydrogen-bond acceptors (Lipinski definition) is 3. The highest BCUT2D eigenvalue weighted by molar-refractivity contribution is 5.76. The molecule has 2 amide bonds. The van der Waals surface area contributed by atoms with Gasteiger partial charge in [-0.25, -0.2) is 4.79 Å². The molecule has 1 fully saturated rings. The molecule has 1 saturated carbocycles. The number of nitrogens with zero attached hydrogens (tertiary/aromatic N) is 1. The van der Waals surface area contributed by atoms with Gasteiger partial charge in [-0.05, 0) is 32.6 Å². The summed E-state index contributed by atoms with van der Waals surface area (Å²) in [6.45, 7) is 3.95. The average Bonchev–Trinajstić information content (AvgIpc) is 2.11. The number of carboxylic acid groups (broad SMARTS) is 1. The Hall–Kier alpha value is -1.30. The summed E-state index contributed by atoms with van der Waals surface area (Å²) in [5, 5.41) is 20.6. The van der Waals surface area contributed by atoms with Gasteiger partial charge in [-0.15, -0.1) is 0 Å². The predicted molar refractivity (Wildman–Crippen MR) is 66.2 cm³/mol. The maximum atomic E-state index is 11.9. The fraction of sp³-hybridized carbons (Fsp3) is 0.833. The average molecular weight is 258 g/mol. The lowest BCUT2D eigenvalue weighted by Crippen LogP contribution is -2.51. The number of aliphatic hydroxyl groups is 1. The van der Waals surface area contributed by atoms with Crippen LogP contribution in [0.15, 0.2) is 0 Å². The highest BCUT2D eigenvalue weighted by atomic mass is 16.4. The van der Waals surface area contributed by atoms with E-state index in [0.717, 1.165) is 12.8 Å². The zero-order chi connectivity index (χ0) is 13.9. The van der Waals surface area contributed by atoms with Crippen molar-refractivity contribution in [1.29, 1.82) is 0 Å². The number of carbonyl (C=O) groups is 2. The van der Waals surface area contributed by atoms with Crippen molar-refractivity contribution in [3.05, 3.63) is 0 Å². The van der Waals surface area contributed by atoms with Crippen molar-refractivity contribution in [3.63, 3.8) is 0 Å². The van der Waals surface area contributed by atoms with Gasteiger partial charge in [0.25, 0.3) is 0 Å². The van der Waals surface area contributed by atoms with E-state index in [0.29, 0.717) is 12.5 Å². The molecule has 1 rings (SSSR count). The monoisotopic (exact) mass is 258 g/mol. The molecule has 0 atom stereocenters. The quantitative estimate of drug-likeness (QED) is 0.675. The first kappa shape index (κ1) is 14.8. The van der Waals surface area contributed by atoms with Gasteiger partial charge >= 0.3 is 12.0 Å². The smallest absolute Gasteiger partial charge is 0.317 e. The molecule has 0 aliphatic heterocycles. The summed E-state index contributed by atoms with van der Waals surface area (Å²) in [6, 6.07) is -0.275. The van der Waals surface area contributed by atoms with Crippen molar-refractivity contribution in [3.8, 4) is 0 Å². The molecule has 0 aromatic carbocycles. The van der Waals surface area contributed by atoms with Gasteiger partial charge in [0.1, 0.15) is 0 Å². The maximum absolute atomic E-state index is 11.9. The maximum Gasteiger partial charge on any atom is 0.317 e. The SMILES string of the molecule is CN(CC1CC(O)C1)C(=O)NC(C)(C)CC(=O)O. The van der Waals surface area contributed by atoms with Crippen molar-refractivity contribution >= 4 is 12.0 Å². The van der Waals surface area contributed by atoms with Gasteiger partial charge in [0.15, 0.2) is 0 Å². The van der Waals surface area contributed by atoms with E-state index in [-0.39, 0.29) is 18.6 Å². The first-order valence-corrected chi connectivity index (χ1v) is 6.13. The minimum Gasteiger partial charge on any atom is -0.481 e. The third-order valence-corrected chi connectivity index (χ3v) is 3.13. The number of carboxylic acids is 1. The van der Waals surface area contributed by atoms with Crippen molar-refractivity contribution in [2.45, 2.75) is 44.8 Å². The molecule has 104 valence electrons. The minimum absolute atomic E-state index is 0.116. The number of carbonyl (C=O) groups excluding carboxylic acids is 1. The fourth-order valence-electron chi connectivity index (χ4n) is 2.13. The third kappa shape index (κ3) is 4.52. The molecule has 0 bridgehead atoms. The van der Waals surface area contributed by atoms with Crippen molar-refractivity contribution in [2.75, 3.05) is 13.6 Å². The molecule has 0 aromatic heterocycles. The van der Waals surface area contributed by atoms with E-state index in [1.807, 2.05) is 0 Å². The number of aliphatic hydroxyl groups excluding tert-OH is 1. The van der Waals surface area contributed by atoms with E-state index in [4.69, 9.17) is 5.11 Å². The van der Waals surface area contributed by atoms with Crippen LogP contribution in [0.4, 0.5) is 4.79 Å². The van der Waals surface area contributed by atoms with Crippen LogP contribution in [0.2, 0.25) is 0 Å². The molecule has 1 aliphatic carbocycles. The van der Waals surface area contributed by atoms with Gasteiger partial charge in [-0.1, -0.05) is 0 Å². The zero-order valence-corrected chi connectivity index (χ0v) is 11.1. The minimum atomic E-state index is -0.940. The lowest BCUT2D eigenvalue weighted by atomic mass is 9.82. The number of nitrogens with one attached hydrogen (secondary N) is 1. The molecule has 6 heteroatoms. The Labute approximate surface area is 107 Å². The molecule has 0 heterocycles. The Morgan fingerprint density at radius 1 is 1.39 bits per heavy atom. The van der Waals surface area contributed by atoms with Crippen LogP contribution in [0.3, 0.4) is 0 Å². The zero-order valence-electron chi connectivity index (χ0n) is 11.1. The van der Waals surface area contributed by atoms with Crippen LogP contribution in [-0.2, 0) is 4.79 Å². The number of aliphatic carboxylic acids is 1. The summed E-state index contributed by atoms with van der Waals surface area (Å²) in [5.74, 6) is -0.594. The molecule has 6 nitrogen and oxygen atoms in total. The molecular formula is C12H22N2O4. The Bertz CT molecular complexity index is 324. The third-order valence-electron chi connectivity index (χ3n) is 3.13. The number of hydrogen-bond donors (Lipinski definition) is 3. The van der Waals surface area contributed by atoms with Crippen LogP contribution in [0, 0.1) is 5.92 Å².